The van der Waals surface area contributed by atoms with Crippen molar-refractivity contribution in [3.05, 3.63) is 59.2 Å². The summed E-state index contributed by atoms with van der Waals surface area (Å²) in [6.07, 6.45) is 0. The van der Waals surface area contributed by atoms with Crippen LogP contribution in [0.15, 0.2) is 42.5 Å². The Kier molecular flexibility index (Phi) is 6.93. The largest absolute Gasteiger partial charge is 0.484 e. The van der Waals surface area contributed by atoms with Gasteiger partial charge in [-0.15, -0.1) is 0 Å². The van der Waals surface area contributed by atoms with Crippen LogP contribution in [-0.4, -0.2) is 31.1 Å². The molecule has 0 aliphatic rings. The van der Waals surface area contributed by atoms with Gasteiger partial charge >= 0.3 is 12.0 Å². The quantitative estimate of drug-likeness (QED) is 0.762. The van der Waals surface area contributed by atoms with Crippen LogP contribution < -0.4 is 15.4 Å². The summed E-state index contributed by atoms with van der Waals surface area (Å²) in [5.41, 5.74) is 3.13. The molecule has 0 bridgehead atoms. The number of esters is 1. The third-order valence-corrected chi connectivity index (χ3v) is 3.75. The fourth-order valence-electron chi connectivity index (χ4n) is 2.19. The molecule has 0 spiro atoms. The van der Waals surface area contributed by atoms with E-state index in [1.807, 2.05) is 26.0 Å². The lowest BCUT2D eigenvalue weighted by Crippen LogP contribution is -2.37. The fraction of sp³-hybridized carbons (Fsp3) is 0.250. The van der Waals surface area contributed by atoms with Gasteiger partial charge in [0, 0.05) is 5.69 Å². The van der Waals surface area contributed by atoms with Gasteiger partial charge < -0.3 is 14.8 Å². The lowest BCUT2D eigenvalue weighted by molar-refractivity contribution is -0.121. The molecule has 142 valence electrons. The normalized spacial score (nSPS) is 10.0. The molecule has 2 aromatic carbocycles. The molecule has 0 fully saturated rings. The monoisotopic (exact) mass is 370 g/mol. The third-order valence-electron chi connectivity index (χ3n) is 3.75. The molecule has 0 radical (unpaired) electrons. The number of nitrogens with one attached hydrogen (secondary N) is 2. The minimum absolute atomic E-state index is 0.293. The van der Waals surface area contributed by atoms with Gasteiger partial charge in [-0.3, -0.25) is 10.1 Å². The number of amides is 3. The van der Waals surface area contributed by atoms with Gasteiger partial charge in [0.2, 0.25) is 0 Å². The minimum Gasteiger partial charge on any atom is -0.484 e. The number of anilines is 1. The van der Waals surface area contributed by atoms with Crippen molar-refractivity contribution in [3.63, 3.8) is 0 Å². The maximum atomic E-state index is 11.9. The number of urea groups is 1. The van der Waals surface area contributed by atoms with Crippen LogP contribution in [0.5, 0.6) is 5.75 Å². The summed E-state index contributed by atoms with van der Waals surface area (Å²) in [6.45, 7) is 5.59. The Morgan fingerprint density at radius 1 is 0.963 bits per heavy atom. The number of rotatable bonds is 6. The van der Waals surface area contributed by atoms with Crippen molar-refractivity contribution in [1.29, 1.82) is 0 Å². The van der Waals surface area contributed by atoms with E-state index in [9.17, 15) is 14.4 Å². The molecule has 0 aromatic heterocycles. The average molecular weight is 370 g/mol. The first-order valence-corrected chi connectivity index (χ1v) is 8.47. The first-order valence-electron chi connectivity index (χ1n) is 8.47. The fourth-order valence-corrected chi connectivity index (χ4v) is 2.19. The number of benzene rings is 2. The average Bonchev–Trinajstić information content (AvgIpc) is 2.63. The molecular formula is C20H22N2O5. The van der Waals surface area contributed by atoms with Gasteiger partial charge in [0.1, 0.15) is 5.75 Å². The van der Waals surface area contributed by atoms with E-state index >= 15 is 0 Å². The van der Waals surface area contributed by atoms with Crippen molar-refractivity contribution in [2.75, 3.05) is 18.5 Å². The number of imide groups is 1. The molecule has 0 atom stereocenters. The maximum absolute atomic E-state index is 11.9. The van der Waals surface area contributed by atoms with Crippen molar-refractivity contribution >= 4 is 23.6 Å². The Hall–Kier alpha value is -3.35. The summed E-state index contributed by atoms with van der Waals surface area (Å²) in [7, 11) is 0. The highest BCUT2D eigenvalue weighted by atomic mass is 16.5. The zero-order chi connectivity index (χ0) is 19.8. The summed E-state index contributed by atoms with van der Waals surface area (Å²) in [5, 5.41) is 4.78. The summed E-state index contributed by atoms with van der Waals surface area (Å²) >= 11 is 0. The Balaban J connectivity index is 1.80. The van der Waals surface area contributed by atoms with E-state index in [0.29, 0.717) is 23.6 Å². The molecule has 27 heavy (non-hydrogen) atoms. The predicted octanol–water partition coefficient (Wildman–Crippen LogP) is 3.21. The van der Waals surface area contributed by atoms with Crippen LogP contribution in [0.3, 0.4) is 0 Å². The van der Waals surface area contributed by atoms with Crippen LogP contribution in [0.4, 0.5) is 10.5 Å². The van der Waals surface area contributed by atoms with E-state index in [2.05, 4.69) is 10.6 Å². The number of aryl methyl sites for hydroxylation is 2. The number of hydrogen-bond acceptors (Lipinski definition) is 5. The van der Waals surface area contributed by atoms with Gasteiger partial charge in [-0.25, -0.2) is 9.59 Å². The number of hydrogen-bond donors (Lipinski definition) is 2. The highest BCUT2D eigenvalue weighted by molar-refractivity contribution is 6.01. The van der Waals surface area contributed by atoms with Crippen LogP contribution in [-0.2, 0) is 9.53 Å². The summed E-state index contributed by atoms with van der Waals surface area (Å²) < 4.78 is 10.2. The van der Waals surface area contributed by atoms with Crippen molar-refractivity contribution in [1.82, 2.24) is 5.32 Å². The molecule has 0 saturated heterocycles. The minimum atomic E-state index is -0.635. The molecule has 7 nitrogen and oxygen atoms in total. The summed E-state index contributed by atoms with van der Waals surface area (Å²) in [6, 6.07) is 11.0. The Bertz CT molecular complexity index is 831. The second kappa shape index (κ2) is 9.38. The van der Waals surface area contributed by atoms with E-state index in [0.717, 1.165) is 11.1 Å². The van der Waals surface area contributed by atoms with Gasteiger partial charge in [0.15, 0.2) is 6.61 Å². The molecule has 3 amide bonds. The Labute approximate surface area is 157 Å². The lowest BCUT2D eigenvalue weighted by Gasteiger charge is -2.09. The van der Waals surface area contributed by atoms with Gasteiger partial charge in [-0.1, -0.05) is 6.07 Å². The zero-order valence-corrected chi connectivity index (χ0v) is 15.5. The molecule has 2 N–H and O–H groups in total. The highest BCUT2D eigenvalue weighted by Crippen LogP contribution is 2.14. The smallest absolute Gasteiger partial charge is 0.338 e. The van der Waals surface area contributed by atoms with Gasteiger partial charge in [-0.2, -0.15) is 0 Å². The molecule has 2 rings (SSSR count). The Morgan fingerprint density at radius 2 is 1.67 bits per heavy atom. The van der Waals surface area contributed by atoms with Crippen LogP contribution in [0, 0.1) is 13.8 Å². The Morgan fingerprint density at radius 3 is 2.30 bits per heavy atom. The van der Waals surface area contributed by atoms with E-state index in [1.54, 1.807) is 25.1 Å². The van der Waals surface area contributed by atoms with Crippen LogP contribution in [0.2, 0.25) is 0 Å². The van der Waals surface area contributed by atoms with Crippen LogP contribution in [0.25, 0.3) is 0 Å². The standard InChI is InChI=1S/C20H22N2O5/c1-4-26-19(24)15-6-9-17(10-7-15)27-12-18(23)22-20(25)21-16-8-5-13(2)14(3)11-16/h5-11H,4,12H2,1-3H3,(H2,21,22,23,25). The molecule has 2 aromatic rings. The van der Waals surface area contributed by atoms with Gasteiger partial charge in [0.05, 0.1) is 12.2 Å². The molecule has 0 unspecified atom stereocenters. The zero-order valence-electron chi connectivity index (χ0n) is 15.5. The maximum Gasteiger partial charge on any atom is 0.338 e. The van der Waals surface area contributed by atoms with Crippen LogP contribution in [0.1, 0.15) is 28.4 Å². The van der Waals surface area contributed by atoms with Crippen molar-refractivity contribution in [2.24, 2.45) is 0 Å². The number of ether oxygens (including phenoxy) is 2. The van der Waals surface area contributed by atoms with Crippen molar-refractivity contribution in [3.8, 4) is 5.75 Å². The van der Waals surface area contributed by atoms with Gasteiger partial charge in [0.25, 0.3) is 5.91 Å². The topological polar surface area (TPSA) is 93.7 Å². The SMILES string of the molecule is CCOC(=O)c1ccc(OCC(=O)NC(=O)Nc2ccc(C)c(C)c2)cc1. The molecule has 0 saturated carbocycles. The number of carbonyl (C=O) groups is 3. The van der Waals surface area contributed by atoms with Gasteiger partial charge in [-0.05, 0) is 68.3 Å². The van der Waals surface area contributed by atoms with Crippen molar-refractivity contribution < 1.29 is 23.9 Å². The third kappa shape index (κ3) is 6.14. The summed E-state index contributed by atoms with van der Waals surface area (Å²) in [5.74, 6) is -0.622. The lowest BCUT2D eigenvalue weighted by atomic mass is 10.1. The van der Waals surface area contributed by atoms with E-state index in [-0.39, 0.29) is 6.61 Å². The second-order valence-corrected chi connectivity index (χ2v) is 5.83. The highest BCUT2D eigenvalue weighted by Gasteiger charge is 2.10. The van der Waals surface area contributed by atoms with E-state index in [4.69, 9.17) is 9.47 Å². The summed E-state index contributed by atoms with van der Waals surface area (Å²) in [4.78, 5) is 35.3. The molecule has 0 heterocycles. The molecule has 7 heteroatoms. The number of carbonyl (C=O) groups excluding carboxylic acids is 3. The molecule has 0 aliphatic heterocycles. The first-order chi connectivity index (χ1) is 12.9. The molecular weight excluding hydrogens is 348 g/mol. The van der Waals surface area contributed by atoms with E-state index in [1.165, 1.54) is 12.1 Å². The van der Waals surface area contributed by atoms with Crippen molar-refractivity contribution in [2.45, 2.75) is 20.8 Å². The van der Waals surface area contributed by atoms with E-state index < -0.39 is 17.9 Å². The molecule has 0 aliphatic carbocycles. The second-order valence-electron chi connectivity index (χ2n) is 5.83. The first kappa shape index (κ1) is 20.0. The van der Waals surface area contributed by atoms with Crippen LogP contribution >= 0.6 is 0 Å². The predicted molar refractivity (Wildman–Crippen MR) is 101 cm³/mol.